The molecule has 2 aromatic heterocycles. The van der Waals surface area contributed by atoms with E-state index in [0.29, 0.717) is 58.8 Å². The Morgan fingerprint density at radius 3 is 2.72 bits per heavy atom. The third-order valence-corrected chi connectivity index (χ3v) is 5.63. The maximum absolute atomic E-state index is 6.02. The van der Waals surface area contributed by atoms with Gasteiger partial charge in [-0.05, 0) is 50.3 Å². The third kappa shape index (κ3) is 4.35. The van der Waals surface area contributed by atoms with Gasteiger partial charge >= 0.3 is 0 Å². The zero-order valence-corrected chi connectivity index (χ0v) is 17.2. The molecule has 0 spiro atoms. The van der Waals surface area contributed by atoms with E-state index in [9.17, 15) is 0 Å². The minimum absolute atomic E-state index is 0.297. The zero-order valence-electron chi connectivity index (χ0n) is 16.4. The summed E-state index contributed by atoms with van der Waals surface area (Å²) in [5.74, 6) is 1.21. The van der Waals surface area contributed by atoms with Gasteiger partial charge in [0.05, 0.1) is 10.7 Å². The number of nitrogens with zero attached hydrogens (tertiary/aromatic N) is 5. The maximum atomic E-state index is 6.02. The van der Waals surface area contributed by atoms with Gasteiger partial charge in [-0.2, -0.15) is 9.97 Å². The zero-order chi connectivity index (χ0) is 20.4. The first-order valence-electron chi connectivity index (χ1n) is 9.94. The van der Waals surface area contributed by atoms with Crippen molar-refractivity contribution in [2.45, 2.75) is 57.8 Å². The van der Waals surface area contributed by atoms with Crippen molar-refractivity contribution in [2.24, 2.45) is 5.73 Å². The number of anilines is 3. The van der Waals surface area contributed by atoms with Crippen LogP contribution in [0.25, 0.3) is 11.2 Å². The summed E-state index contributed by atoms with van der Waals surface area (Å²) >= 11 is 6.01. The SMILES string of the molecule is CCn1nnc2c(NCc3ccc(Cl)c(N)c3)nc(NC3CCC(N)CC3)nc21. The van der Waals surface area contributed by atoms with Crippen LogP contribution in [0.2, 0.25) is 5.02 Å². The second-order valence-corrected chi connectivity index (χ2v) is 7.85. The van der Waals surface area contributed by atoms with Gasteiger partial charge in [-0.15, -0.1) is 5.10 Å². The average Bonchev–Trinajstić information content (AvgIpc) is 3.13. The van der Waals surface area contributed by atoms with E-state index in [0.717, 1.165) is 31.2 Å². The molecule has 0 radical (unpaired) electrons. The molecule has 1 aliphatic rings. The molecule has 10 heteroatoms. The number of fused-ring (bicyclic) bond motifs is 1. The van der Waals surface area contributed by atoms with E-state index >= 15 is 0 Å². The van der Waals surface area contributed by atoms with Crippen molar-refractivity contribution in [3.8, 4) is 0 Å². The third-order valence-electron chi connectivity index (χ3n) is 5.29. The minimum Gasteiger partial charge on any atom is -0.398 e. The summed E-state index contributed by atoms with van der Waals surface area (Å²) in [5.41, 5.74) is 14.8. The van der Waals surface area contributed by atoms with E-state index in [2.05, 4.69) is 30.9 Å². The van der Waals surface area contributed by atoms with Crippen molar-refractivity contribution in [3.05, 3.63) is 28.8 Å². The molecule has 9 nitrogen and oxygen atoms in total. The topological polar surface area (TPSA) is 133 Å². The highest BCUT2D eigenvalue weighted by molar-refractivity contribution is 6.33. The van der Waals surface area contributed by atoms with Crippen LogP contribution >= 0.6 is 11.6 Å². The average molecular weight is 416 g/mol. The number of aryl methyl sites for hydroxylation is 1. The van der Waals surface area contributed by atoms with E-state index in [1.807, 2.05) is 19.1 Å². The van der Waals surface area contributed by atoms with Crippen LogP contribution in [0.3, 0.4) is 0 Å². The molecule has 154 valence electrons. The highest BCUT2D eigenvalue weighted by Gasteiger charge is 2.21. The van der Waals surface area contributed by atoms with Crippen LogP contribution < -0.4 is 22.1 Å². The Kier molecular flexibility index (Phi) is 5.68. The summed E-state index contributed by atoms with van der Waals surface area (Å²) in [5, 5.41) is 15.8. The van der Waals surface area contributed by atoms with Crippen LogP contribution in [-0.4, -0.2) is 37.0 Å². The van der Waals surface area contributed by atoms with Gasteiger partial charge in [0.25, 0.3) is 0 Å². The number of hydrogen-bond donors (Lipinski definition) is 4. The molecule has 1 aromatic carbocycles. The predicted molar refractivity (Wildman–Crippen MR) is 116 cm³/mol. The summed E-state index contributed by atoms with van der Waals surface area (Å²) in [6.07, 6.45) is 4.05. The fraction of sp³-hybridized carbons (Fsp3) is 0.474. The fourth-order valence-corrected chi connectivity index (χ4v) is 3.71. The lowest BCUT2D eigenvalue weighted by molar-refractivity contribution is 0.410. The van der Waals surface area contributed by atoms with Crippen LogP contribution in [0.1, 0.15) is 38.2 Å². The lowest BCUT2D eigenvalue weighted by Gasteiger charge is -2.26. The Bertz CT molecular complexity index is 995. The van der Waals surface area contributed by atoms with Crippen LogP contribution in [0.15, 0.2) is 18.2 Å². The number of rotatable bonds is 6. The maximum Gasteiger partial charge on any atom is 0.227 e. The van der Waals surface area contributed by atoms with Crippen molar-refractivity contribution >= 4 is 40.2 Å². The number of halogens is 1. The first-order valence-corrected chi connectivity index (χ1v) is 10.3. The monoisotopic (exact) mass is 415 g/mol. The molecule has 1 fully saturated rings. The molecule has 0 unspecified atom stereocenters. The molecule has 29 heavy (non-hydrogen) atoms. The van der Waals surface area contributed by atoms with E-state index in [1.54, 1.807) is 10.7 Å². The lowest BCUT2D eigenvalue weighted by atomic mass is 9.92. The second-order valence-electron chi connectivity index (χ2n) is 7.44. The van der Waals surface area contributed by atoms with Crippen LogP contribution in [0, 0.1) is 0 Å². The number of nitrogen functional groups attached to an aromatic ring is 1. The Morgan fingerprint density at radius 2 is 2.00 bits per heavy atom. The molecule has 0 saturated heterocycles. The van der Waals surface area contributed by atoms with E-state index in [1.165, 1.54) is 0 Å². The number of benzene rings is 1. The summed E-state index contributed by atoms with van der Waals surface area (Å²) in [4.78, 5) is 9.35. The number of hydrogen-bond acceptors (Lipinski definition) is 8. The summed E-state index contributed by atoms with van der Waals surface area (Å²) in [7, 11) is 0. The van der Waals surface area contributed by atoms with E-state index < -0.39 is 0 Å². The van der Waals surface area contributed by atoms with Gasteiger partial charge in [-0.3, -0.25) is 0 Å². The molecular weight excluding hydrogens is 390 g/mol. The Morgan fingerprint density at radius 1 is 1.21 bits per heavy atom. The highest BCUT2D eigenvalue weighted by atomic mass is 35.5. The molecule has 1 saturated carbocycles. The van der Waals surface area contributed by atoms with Crippen molar-refractivity contribution in [1.82, 2.24) is 25.0 Å². The minimum atomic E-state index is 0.297. The number of nitrogens with one attached hydrogen (secondary N) is 2. The molecule has 0 amide bonds. The summed E-state index contributed by atoms with van der Waals surface area (Å²) in [6, 6.07) is 6.18. The molecule has 1 aliphatic carbocycles. The molecule has 4 rings (SSSR count). The molecule has 2 heterocycles. The largest absolute Gasteiger partial charge is 0.398 e. The van der Waals surface area contributed by atoms with E-state index in [-0.39, 0.29) is 0 Å². The van der Waals surface area contributed by atoms with Gasteiger partial charge in [-0.1, -0.05) is 22.9 Å². The first kappa shape index (κ1) is 19.7. The normalized spacial score (nSPS) is 19.4. The molecule has 0 aliphatic heterocycles. The molecule has 0 bridgehead atoms. The lowest BCUT2D eigenvalue weighted by Crippen LogP contribution is -2.33. The smallest absolute Gasteiger partial charge is 0.227 e. The van der Waals surface area contributed by atoms with Crippen molar-refractivity contribution in [3.63, 3.8) is 0 Å². The quantitative estimate of drug-likeness (QED) is 0.451. The van der Waals surface area contributed by atoms with Gasteiger partial charge < -0.3 is 22.1 Å². The molecule has 0 atom stereocenters. The number of nitrogens with two attached hydrogens (primary N) is 2. The molecular formula is C19H26ClN9. The van der Waals surface area contributed by atoms with E-state index in [4.69, 9.17) is 23.1 Å². The fourth-order valence-electron chi connectivity index (χ4n) is 3.59. The first-order chi connectivity index (χ1) is 14.0. The Labute approximate surface area is 174 Å². The van der Waals surface area contributed by atoms with Gasteiger partial charge in [-0.25, -0.2) is 4.68 Å². The Hall–Kier alpha value is -2.65. The van der Waals surface area contributed by atoms with Gasteiger partial charge in [0.2, 0.25) is 5.95 Å². The number of aromatic nitrogens is 5. The molecule has 6 N–H and O–H groups in total. The summed E-state index contributed by atoms with van der Waals surface area (Å²) < 4.78 is 1.77. The van der Waals surface area contributed by atoms with Crippen LogP contribution in [0.4, 0.5) is 17.5 Å². The second kappa shape index (κ2) is 8.38. The highest BCUT2D eigenvalue weighted by Crippen LogP contribution is 2.25. The van der Waals surface area contributed by atoms with Gasteiger partial charge in [0.15, 0.2) is 17.0 Å². The van der Waals surface area contributed by atoms with Crippen LogP contribution in [-0.2, 0) is 13.1 Å². The Balaban J connectivity index is 1.59. The van der Waals surface area contributed by atoms with Crippen molar-refractivity contribution in [1.29, 1.82) is 0 Å². The molecule has 3 aromatic rings. The summed E-state index contributed by atoms with van der Waals surface area (Å²) in [6.45, 7) is 3.22. The predicted octanol–water partition coefficient (Wildman–Crippen LogP) is 2.77. The van der Waals surface area contributed by atoms with Gasteiger partial charge in [0, 0.05) is 25.2 Å². The van der Waals surface area contributed by atoms with Crippen molar-refractivity contribution in [2.75, 3.05) is 16.4 Å². The van der Waals surface area contributed by atoms with Crippen molar-refractivity contribution < 1.29 is 0 Å². The standard InChI is InChI=1S/C19H26ClN9/c1-2-29-18-16(27-28-29)17(23-10-11-3-8-14(20)15(22)9-11)25-19(26-18)24-13-6-4-12(21)5-7-13/h3,8-9,12-13H,2,4-7,10,21-22H2,1H3,(H2,23,24,25,26). The van der Waals surface area contributed by atoms with Crippen LogP contribution in [0.5, 0.6) is 0 Å². The van der Waals surface area contributed by atoms with Gasteiger partial charge in [0.1, 0.15) is 0 Å².